The third-order valence-electron chi connectivity index (χ3n) is 1.33. The molecule has 0 unspecified atom stereocenters. The molecule has 1 aromatic heterocycles. The summed E-state index contributed by atoms with van der Waals surface area (Å²) in [4.78, 5) is 11.0. The number of nitrogens with zero attached hydrogens (tertiary/aromatic N) is 2. The molecule has 6 heteroatoms. The molecule has 0 saturated heterocycles. The predicted octanol–water partition coefficient (Wildman–Crippen LogP) is 0.226. The number of hydrogen-bond acceptors (Lipinski definition) is 4. The van der Waals surface area contributed by atoms with Crippen molar-refractivity contribution in [2.75, 3.05) is 17.4 Å². The zero-order valence-electron chi connectivity index (χ0n) is 7.57. The molecule has 0 spiro atoms. The number of amides is 1. The number of hydrazine groups is 1. The van der Waals surface area contributed by atoms with Gasteiger partial charge in [-0.2, -0.15) is 16.9 Å². The van der Waals surface area contributed by atoms with Crippen LogP contribution in [-0.2, 0) is 11.8 Å². The van der Waals surface area contributed by atoms with Crippen LogP contribution in [0.5, 0.6) is 0 Å². The first-order chi connectivity index (χ1) is 6.22. The maximum Gasteiger partial charge on any atom is 0.248 e. The Kier molecular flexibility index (Phi) is 3.63. The Hall–Kier alpha value is -1.17. The van der Waals surface area contributed by atoms with Crippen LogP contribution in [0.3, 0.4) is 0 Å². The number of carbonyl (C=O) groups is 1. The number of hydrogen-bond donors (Lipinski definition) is 2. The van der Waals surface area contributed by atoms with Gasteiger partial charge in [0.2, 0.25) is 5.91 Å². The largest absolute Gasteiger partial charge is 0.295 e. The summed E-state index contributed by atoms with van der Waals surface area (Å²) in [7, 11) is 1.81. The van der Waals surface area contributed by atoms with Crippen LogP contribution in [-0.4, -0.2) is 27.7 Å². The number of aryl methyl sites for hydroxylation is 1. The zero-order chi connectivity index (χ0) is 9.68. The van der Waals surface area contributed by atoms with Crippen LogP contribution in [0.2, 0.25) is 0 Å². The van der Waals surface area contributed by atoms with E-state index in [4.69, 9.17) is 0 Å². The second kappa shape index (κ2) is 4.76. The van der Waals surface area contributed by atoms with E-state index in [0.717, 1.165) is 5.69 Å². The number of rotatable bonds is 4. The molecule has 0 atom stereocenters. The summed E-state index contributed by atoms with van der Waals surface area (Å²) in [6, 6.07) is 0. The molecule has 0 saturated carbocycles. The lowest BCUT2D eigenvalue weighted by Gasteiger charge is -2.03. The fourth-order valence-corrected chi connectivity index (χ4v) is 1.13. The Bertz CT molecular complexity index is 286. The number of carbonyl (C=O) groups excluding carboxylic acids is 1. The topological polar surface area (TPSA) is 59.0 Å². The van der Waals surface area contributed by atoms with Gasteiger partial charge in [-0.3, -0.25) is 20.3 Å². The normalized spacial score (nSPS) is 9.69. The zero-order valence-corrected chi connectivity index (χ0v) is 8.39. The fraction of sp³-hybridized carbons (Fsp3) is 0.429. The Morgan fingerprint density at radius 1 is 1.77 bits per heavy atom. The van der Waals surface area contributed by atoms with Crippen LogP contribution >= 0.6 is 11.8 Å². The first-order valence-electron chi connectivity index (χ1n) is 3.75. The fourth-order valence-electron chi connectivity index (χ4n) is 0.795. The molecule has 0 aliphatic rings. The third-order valence-corrected chi connectivity index (χ3v) is 1.88. The summed E-state index contributed by atoms with van der Waals surface area (Å²) in [5.74, 6) is 0.407. The molecular weight excluding hydrogens is 188 g/mol. The van der Waals surface area contributed by atoms with E-state index in [1.54, 1.807) is 17.1 Å². The van der Waals surface area contributed by atoms with E-state index < -0.39 is 0 Å². The minimum atomic E-state index is -0.0450. The van der Waals surface area contributed by atoms with Crippen molar-refractivity contribution in [1.29, 1.82) is 0 Å². The maximum atomic E-state index is 11.0. The molecule has 0 aromatic carbocycles. The average Bonchev–Trinajstić information content (AvgIpc) is 2.49. The molecule has 0 radical (unpaired) electrons. The molecule has 13 heavy (non-hydrogen) atoms. The van der Waals surface area contributed by atoms with Crippen molar-refractivity contribution < 1.29 is 4.79 Å². The van der Waals surface area contributed by atoms with Gasteiger partial charge in [0, 0.05) is 13.2 Å². The van der Waals surface area contributed by atoms with Crippen LogP contribution in [0.15, 0.2) is 12.4 Å². The first kappa shape index (κ1) is 9.91. The van der Waals surface area contributed by atoms with Gasteiger partial charge in [0.15, 0.2) is 0 Å². The van der Waals surface area contributed by atoms with Gasteiger partial charge in [-0.25, -0.2) is 0 Å². The van der Waals surface area contributed by atoms with Gasteiger partial charge in [0.05, 0.1) is 17.6 Å². The van der Waals surface area contributed by atoms with Crippen LogP contribution in [0, 0.1) is 0 Å². The molecule has 0 aliphatic carbocycles. The first-order valence-corrected chi connectivity index (χ1v) is 5.14. The summed E-state index contributed by atoms with van der Waals surface area (Å²) < 4.78 is 1.66. The number of aromatic nitrogens is 2. The lowest BCUT2D eigenvalue weighted by atomic mass is 10.6. The summed E-state index contributed by atoms with van der Waals surface area (Å²) in [6.07, 6.45) is 5.29. The minimum absolute atomic E-state index is 0.0450. The number of nitrogens with one attached hydrogen (secondary N) is 2. The number of anilines is 1. The lowest BCUT2D eigenvalue weighted by molar-refractivity contribution is -0.118. The van der Waals surface area contributed by atoms with Gasteiger partial charge in [0.25, 0.3) is 0 Å². The SMILES string of the molecule is CSCC(=O)NNc1cnn(C)c1. The van der Waals surface area contributed by atoms with Crippen LogP contribution in [0.4, 0.5) is 5.69 Å². The lowest BCUT2D eigenvalue weighted by Crippen LogP contribution is -2.30. The maximum absolute atomic E-state index is 11.0. The van der Waals surface area contributed by atoms with Crippen molar-refractivity contribution in [1.82, 2.24) is 15.2 Å². The highest BCUT2D eigenvalue weighted by atomic mass is 32.2. The van der Waals surface area contributed by atoms with E-state index in [0.29, 0.717) is 5.75 Å². The molecule has 1 rings (SSSR count). The van der Waals surface area contributed by atoms with Crippen molar-refractivity contribution in [3.63, 3.8) is 0 Å². The van der Waals surface area contributed by atoms with Crippen LogP contribution < -0.4 is 10.9 Å². The van der Waals surface area contributed by atoms with E-state index in [1.807, 2.05) is 13.3 Å². The van der Waals surface area contributed by atoms with Gasteiger partial charge in [-0.15, -0.1) is 0 Å². The van der Waals surface area contributed by atoms with E-state index in [2.05, 4.69) is 16.0 Å². The quantitative estimate of drug-likeness (QED) is 0.683. The monoisotopic (exact) mass is 200 g/mol. The van der Waals surface area contributed by atoms with Crippen LogP contribution in [0.25, 0.3) is 0 Å². The minimum Gasteiger partial charge on any atom is -0.295 e. The molecule has 2 N–H and O–H groups in total. The van der Waals surface area contributed by atoms with Crippen molar-refractivity contribution in [3.05, 3.63) is 12.4 Å². The van der Waals surface area contributed by atoms with E-state index in [1.165, 1.54) is 11.8 Å². The average molecular weight is 200 g/mol. The molecule has 1 aromatic rings. The Labute approximate surface area is 80.9 Å². The second-order valence-electron chi connectivity index (χ2n) is 2.51. The standard InChI is InChI=1S/C7H12N4OS/c1-11-4-6(3-8-11)9-10-7(12)5-13-2/h3-4,9H,5H2,1-2H3,(H,10,12). The highest BCUT2D eigenvalue weighted by molar-refractivity contribution is 7.99. The Balaban J connectivity index is 2.30. The molecule has 5 nitrogen and oxygen atoms in total. The predicted molar refractivity (Wildman–Crippen MR) is 53.4 cm³/mol. The van der Waals surface area contributed by atoms with Crippen molar-refractivity contribution >= 4 is 23.4 Å². The smallest absolute Gasteiger partial charge is 0.248 e. The third kappa shape index (κ3) is 3.37. The molecule has 0 aliphatic heterocycles. The van der Waals surface area contributed by atoms with Crippen molar-refractivity contribution in [2.45, 2.75) is 0 Å². The second-order valence-corrected chi connectivity index (χ2v) is 3.37. The molecule has 0 bridgehead atoms. The number of thioether (sulfide) groups is 1. The summed E-state index contributed by atoms with van der Waals surface area (Å²) in [6.45, 7) is 0. The Morgan fingerprint density at radius 3 is 3.08 bits per heavy atom. The summed E-state index contributed by atoms with van der Waals surface area (Å²) in [5.41, 5.74) is 6.08. The summed E-state index contributed by atoms with van der Waals surface area (Å²) in [5, 5.41) is 3.94. The highest BCUT2D eigenvalue weighted by Gasteiger charge is 1.99. The van der Waals surface area contributed by atoms with E-state index in [-0.39, 0.29) is 5.91 Å². The van der Waals surface area contributed by atoms with E-state index >= 15 is 0 Å². The van der Waals surface area contributed by atoms with Gasteiger partial charge >= 0.3 is 0 Å². The van der Waals surface area contributed by atoms with Gasteiger partial charge in [-0.05, 0) is 6.26 Å². The molecule has 1 heterocycles. The Morgan fingerprint density at radius 2 is 2.54 bits per heavy atom. The van der Waals surface area contributed by atoms with Crippen LogP contribution in [0.1, 0.15) is 0 Å². The van der Waals surface area contributed by atoms with E-state index in [9.17, 15) is 4.79 Å². The van der Waals surface area contributed by atoms with Gasteiger partial charge < -0.3 is 0 Å². The van der Waals surface area contributed by atoms with Gasteiger partial charge in [-0.1, -0.05) is 0 Å². The molecule has 0 fully saturated rings. The summed E-state index contributed by atoms with van der Waals surface area (Å²) >= 11 is 1.48. The van der Waals surface area contributed by atoms with Crippen molar-refractivity contribution in [2.24, 2.45) is 7.05 Å². The molecule has 1 amide bonds. The molecule has 72 valence electrons. The molecular formula is C7H12N4OS. The highest BCUT2D eigenvalue weighted by Crippen LogP contribution is 2.00. The van der Waals surface area contributed by atoms with Gasteiger partial charge in [0.1, 0.15) is 0 Å². The van der Waals surface area contributed by atoms with Crippen molar-refractivity contribution in [3.8, 4) is 0 Å².